The average molecular weight is 263 g/mol. The number of carboxylic acid groups (broad SMARTS) is 1. The summed E-state index contributed by atoms with van der Waals surface area (Å²) in [5, 5.41) is 19.1. The first kappa shape index (κ1) is 13.7. The molecule has 0 radical (unpaired) electrons. The summed E-state index contributed by atoms with van der Waals surface area (Å²) in [6.45, 7) is 5.42. The first-order chi connectivity index (χ1) is 8.90. The first-order valence-corrected chi connectivity index (χ1v) is 6.70. The van der Waals surface area contributed by atoms with Crippen molar-refractivity contribution in [1.29, 1.82) is 0 Å². The molecule has 1 aromatic rings. The molecule has 1 heterocycles. The first-order valence-electron chi connectivity index (χ1n) is 6.70. The summed E-state index contributed by atoms with van der Waals surface area (Å²) < 4.78 is 0. The van der Waals surface area contributed by atoms with E-state index >= 15 is 0 Å². The van der Waals surface area contributed by atoms with Gasteiger partial charge in [0.25, 0.3) is 0 Å². The molecule has 0 bridgehead atoms. The number of benzene rings is 1. The number of hydrogen-bond donors (Lipinski definition) is 2. The maximum Gasteiger partial charge on any atom is 0.309 e. The molecule has 1 aliphatic rings. The summed E-state index contributed by atoms with van der Waals surface area (Å²) in [7, 11) is 0. The average Bonchev–Trinajstić information content (AvgIpc) is 2.85. The van der Waals surface area contributed by atoms with Gasteiger partial charge in [0.05, 0.1) is 5.41 Å². The minimum atomic E-state index is -0.874. The monoisotopic (exact) mass is 263 g/mol. The normalized spacial score (nSPS) is 15.8. The highest BCUT2D eigenvalue weighted by Crippen LogP contribution is 2.31. The van der Waals surface area contributed by atoms with Crippen LogP contribution in [-0.4, -0.2) is 29.3 Å². The summed E-state index contributed by atoms with van der Waals surface area (Å²) in [6, 6.07) is 5.49. The van der Waals surface area contributed by atoms with E-state index in [-0.39, 0.29) is 5.75 Å². The van der Waals surface area contributed by atoms with Gasteiger partial charge >= 0.3 is 5.97 Å². The fourth-order valence-electron chi connectivity index (χ4n) is 2.44. The quantitative estimate of drug-likeness (QED) is 0.876. The van der Waals surface area contributed by atoms with Crippen LogP contribution in [0.15, 0.2) is 18.2 Å². The van der Waals surface area contributed by atoms with E-state index in [0.29, 0.717) is 12.0 Å². The third-order valence-corrected chi connectivity index (χ3v) is 3.75. The van der Waals surface area contributed by atoms with Crippen LogP contribution in [-0.2, 0) is 11.2 Å². The van der Waals surface area contributed by atoms with Crippen LogP contribution in [0.2, 0.25) is 0 Å². The number of nitrogens with zero attached hydrogens (tertiary/aromatic N) is 1. The summed E-state index contributed by atoms with van der Waals surface area (Å²) in [5.41, 5.74) is 0.907. The highest BCUT2D eigenvalue weighted by molar-refractivity contribution is 5.74. The second-order valence-corrected chi connectivity index (χ2v) is 5.87. The Labute approximate surface area is 113 Å². The molecule has 1 aliphatic heterocycles. The lowest BCUT2D eigenvalue weighted by Crippen LogP contribution is -2.26. The maximum absolute atomic E-state index is 11.2. The van der Waals surface area contributed by atoms with Crippen LogP contribution in [0.1, 0.15) is 32.3 Å². The van der Waals surface area contributed by atoms with E-state index in [2.05, 4.69) is 4.90 Å². The number of carboxylic acids is 1. The Morgan fingerprint density at radius 1 is 1.32 bits per heavy atom. The SMILES string of the molecule is CC(C)(Cc1cc(N2CCCC2)ccc1O)C(=O)O. The van der Waals surface area contributed by atoms with E-state index in [0.717, 1.165) is 18.8 Å². The molecular formula is C15H21NO3. The molecule has 0 amide bonds. The van der Waals surface area contributed by atoms with E-state index < -0.39 is 11.4 Å². The smallest absolute Gasteiger partial charge is 0.309 e. The van der Waals surface area contributed by atoms with E-state index in [9.17, 15) is 15.0 Å². The molecule has 2 rings (SSSR count). The summed E-state index contributed by atoms with van der Waals surface area (Å²) in [4.78, 5) is 13.5. The van der Waals surface area contributed by atoms with Gasteiger partial charge in [-0.3, -0.25) is 4.79 Å². The standard InChI is InChI=1S/C15H21NO3/c1-15(2,14(18)19)10-11-9-12(5-6-13(11)17)16-7-3-4-8-16/h5-6,9,17H,3-4,7-8,10H2,1-2H3,(H,18,19). The van der Waals surface area contributed by atoms with Gasteiger partial charge in [-0.15, -0.1) is 0 Å². The number of anilines is 1. The second-order valence-electron chi connectivity index (χ2n) is 5.87. The highest BCUT2D eigenvalue weighted by atomic mass is 16.4. The molecule has 1 fully saturated rings. The molecule has 2 N–H and O–H groups in total. The Kier molecular flexibility index (Phi) is 3.69. The van der Waals surface area contributed by atoms with Crippen molar-refractivity contribution >= 4 is 11.7 Å². The minimum absolute atomic E-state index is 0.178. The molecule has 1 saturated heterocycles. The van der Waals surface area contributed by atoms with Crippen molar-refractivity contribution in [2.24, 2.45) is 5.41 Å². The van der Waals surface area contributed by atoms with E-state index in [1.54, 1.807) is 19.9 Å². The highest BCUT2D eigenvalue weighted by Gasteiger charge is 2.28. The zero-order chi connectivity index (χ0) is 14.0. The van der Waals surface area contributed by atoms with Crippen LogP contribution in [0.4, 0.5) is 5.69 Å². The lowest BCUT2D eigenvalue weighted by molar-refractivity contribution is -0.146. The van der Waals surface area contributed by atoms with E-state index in [1.807, 2.05) is 12.1 Å². The molecule has 0 saturated carbocycles. The van der Waals surface area contributed by atoms with Gasteiger partial charge in [0.15, 0.2) is 0 Å². The van der Waals surface area contributed by atoms with Crippen LogP contribution >= 0.6 is 0 Å². The lowest BCUT2D eigenvalue weighted by atomic mass is 9.85. The molecule has 4 heteroatoms. The Morgan fingerprint density at radius 2 is 1.95 bits per heavy atom. The predicted octanol–water partition coefficient (Wildman–Crippen LogP) is 2.65. The minimum Gasteiger partial charge on any atom is -0.508 e. The number of phenolic OH excluding ortho intramolecular Hbond substituents is 1. The van der Waals surface area contributed by atoms with Crippen molar-refractivity contribution in [1.82, 2.24) is 0 Å². The molecule has 0 aliphatic carbocycles. The zero-order valence-electron chi connectivity index (χ0n) is 11.5. The molecule has 0 spiro atoms. The number of rotatable bonds is 4. The molecule has 19 heavy (non-hydrogen) atoms. The van der Waals surface area contributed by atoms with Crippen molar-refractivity contribution in [3.63, 3.8) is 0 Å². The van der Waals surface area contributed by atoms with E-state index in [4.69, 9.17) is 0 Å². The molecule has 104 valence electrons. The molecule has 4 nitrogen and oxygen atoms in total. The largest absolute Gasteiger partial charge is 0.508 e. The number of aliphatic carboxylic acids is 1. The molecular weight excluding hydrogens is 242 g/mol. The van der Waals surface area contributed by atoms with Crippen LogP contribution in [0.3, 0.4) is 0 Å². The van der Waals surface area contributed by atoms with Gasteiger partial charge in [0, 0.05) is 18.8 Å². The Bertz CT molecular complexity index is 476. The zero-order valence-corrected chi connectivity index (χ0v) is 11.5. The second kappa shape index (κ2) is 5.11. The predicted molar refractivity (Wildman–Crippen MR) is 74.7 cm³/mol. The molecule has 0 aromatic heterocycles. The van der Waals surface area contributed by atoms with Gasteiger partial charge in [0.1, 0.15) is 5.75 Å². The summed E-state index contributed by atoms with van der Waals surface area (Å²) >= 11 is 0. The maximum atomic E-state index is 11.2. The van der Waals surface area contributed by atoms with Crippen LogP contribution in [0, 0.1) is 5.41 Å². The molecule has 0 unspecified atom stereocenters. The van der Waals surface area contributed by atoms with Crippen LogP contribution in [0.25, 0.3) is 0 Å². The third-order valence-electron chi connectivity index (χ3n) is 3.75. The van der Waals surface area contributed by atoms with Crippen molar-refractivity contribution in [2.75, 3.05) is 18.0 Å². The number of hydrogen-bond acceptors (Lipinski definition) is 3. The molecule has 0 atom stereocenters. The summed E-state index contributed by atoms with van der Waals surface area (Å²) in [5.74, 6) is -0.671. The van der Waals surface area contributed by atoms with Crippen LogP contribution in [0.5, 0.6) is 5.75 Å². The van der Waals surface area contributed by atoms with Gasteiger partial charge in [0.2, 0.25) is 0 Å². The van der Waals surface area contributed by atoms with Crippen molar-refractivity contribution in [3.05, 3.63) is 23.8 Å². The lowest BCUT2D eigenvalue weighted by Gasteiger charge is -2.22. The topological polar surface area (TPSA) is 60.8 Å². The number of carbonyl (C=O) groups is 1. The number of phenols is 1. The summed E-state index contributed by atoms with van der Waals surface area (Å²) in [6.07, 6.45) is 2.71. The Morgan fingerprint density at radius 3 is 2.53 bits per heavy atom. The van der Waals surface area contributed by atoms with Gasteiger partial charge in [-0.25, -0.2) is 0 Å². The van der Waals surface area contributed by atoms with Crippen LogP contribution < -0.4 is 4.90 Å². The number of aromatic hydroxyl groups is 1. The van der Waals surface area contributed by atoms with Gasteiger partial charge in [-0.05, 0) is 56.9 Å². The fourth-order valence-corrected chi connectivity index (χ4v) is 2.44. The van der Waals surface area contributed by atoms with Crippen molar-refractivity contribution in [3.8, 4) is 5.75 Å². The Hall–Kier alpha value is -1.71. The Balaban J connectivity index is 2.24. The van der Waals surface area contributed by atoms with Gasteiger partial charge in [-0.2, -0.15) is 0 Å². The van der Waals surface area contributed by atoms with Crippen molar-refractivity contribution in [2.45, 2.75) is 33.1 Å². The van der Waals surface area contributed by atoms with E-state index in [1.165, 1.54) is 12.8 Å². The van der Waals surface area contributed by atoms with Crippen molar-refractivity contribution < 1.29 is 15.0 Å². The fraction of sp³-hybridized carbons (Fsp3) is 0.533. The van der Waals surface area contributed by atoms with Gasteiger partial charge < -0.3 is 15.1 Å². The third kappa shape index (κ3) is 3.00. The molecule has 1 aromatic carbocycles. The van der Waals surface area contributed by atoms with Gasteiger partial charge in [-0.1, -0.05) is 0 Å².